The number of hydrogen-bond acceptors (Lipinski definition) is 1. The molecule has 1 amide bonds. The summed E-state index contributed by atoms with van der Waals surface area (Å²) in [5.41, 5.74) is 8.26. The standard InChI is InChI=1S/C10H13N2O/c1-7(2)12-10(13)8-3-5-9(11)6-4-8/h3-7,11H,1-2H3,(H,12,13). The van der Waals surface area contributed by atoms with E-state index in [9.17, 15) is 4.79 Å². The van der Waals surface area contributed by atoms with Crippen LogP contribution in [-0.4, -0.2) is 11.9 Å². The molecule has 0 bridgehead atoms. The van der Waals surface area contributed by atoms with Crippen LogP contribution in [0.4, 0.5) is 5.69 Å². The molecule has 0 aromatic heterocycles. The van der Waals surface area contributed by atoms with Gasteiger partial charge in [0.15, 0.2) is 0 Å². The van der Waals surface area contributed by atoms with Crippen LogP contribution in [0.2, 0.25) is 0 Å². The summed E-state index contributed by atoms with van der Waals surface area (Å²) >= 11 is 0. The molecule has 0 atom stereocenters. The Hall–Kier alpha value is -1.51. The fourth-order valence-electron chi connectivity index (χ4n) is 0.967. The van der Waals surface area contributed by atoms with Gasteiger partial charge in [0.05, 0.1) is 5.69 Å². The van der Waals surface area contributed by atoms with Crippen molar-refractivity contribution in [2.45, 2.75) is 19.9 Å². The van der Waals surface area contributed by atoms with Gasteiger partial charge in [0.1, 0.15) is 0 Å². The maximum Gasteiger partial charge on any atom is 0.251 e. The van der Waals surface area contributed by atoms with E-state index in [4.69, 9.17) is 5.73 Å². The molecule has 2 N–H and O–H groups in total. The lowest BCUT2D eigenvalue weighted by atomic mass is 10.2. The van der Waals surface area contributed by atoms with E-state index in [0.29, 0.717) is 11.3 Å². The van der Waals surface area contributed by atoms with Gasteiger partial charge in [0.25, 0.3) is 5.91 Å². The predicted octanol–water partition coefficient (Wildman–Crippen LogP) is 1.74. The predicted molar refractivity (Wildman–Crippen MR) is 51.8 cm³/mol. The molecule has 1 rings (SSSR count). The van der Waals surface area contributed by atoms with Crippen LogP contribution in [0, 0.1) is 0 Å². The maximum atomic E-state index is 11.4. The molecule has 3 heteroatoms. The lowest BCUT2D eigenvalue weighted by Gasteiger charge is -2.07. The first-order chi connectivity index (χ1) is 6.09. The topological polar surface area (TPSA) is 52.9 Å². The van der Waals surface area contributed by atoms with E-state index >= 15 is 0 Å². The highest BCUT2D eigenvalue weighted by molar-refractivity contribution is 5.94. The van der Waals surface area contributed by atoms with Crippen molar-refractivity contribution in [3.8, 4) is 0 Å². The summed E-state index contributed by atoms with van der Waals surface area (Å²) in [6.07, 6.45) is 0. The minimum absolute atomic E-state index is 0.0880. The van der Waals surface area contributed by atoms with E-state index in [0.717, 1.165) is 0 Å². The highest BCUT2D eigenvalue weighted by atomic mass is 16.1. The molecule has 1 aromatic rings. The van der Waals surface area contributed by atoms with Crippen molar-refractivity contribution < 1.29 is 4.79 Å². The quantitative estimate of drug-likeness (QED) is 0.735. The second-order valence-corrected chi connectivity index (χ2v) is 3.21. The Morgan fingerprint density at radius 2 is 1.85 bits per heavy atom. The molecule has 0 aliphatic rings. The fourth-order valence-corrected chi connectivity index (χ4v) is 0.967. The van der Waals surface area contributed by atoms with Crippen molar-refractivity contribution in [3.05, 3.63) is 29.8 Å². The number of carbonyl (C=O) groups is 1. The Morgan fingerprint density at radius 1 is 1.31 bits per heavy atom. The molecular weight excluding hydrogens is 164 g/mol. The Labute approximate surface area is 77.9 Å². The number of rotatable bonds is 2. The zero-order chi connectivity index (χ0) is 9.84. The molecule has 1 radical (unpaired) electrons. The minimum atomic E-state index is -0.0880. The number of carbonyl (C=O) groups excluding carboxylic acids is 1. The van der Waals surface area contributed by atoms with Gasteiger partial charge >= 0.3 is 0 Å². The number of amides is 1. The van der Waals surface area contributed by atoms with E-state index in [1.54, 1.807) is 24.3 Å². The molecule has 0 spiro atoms. The summed E-state index contributed by atoms with van der Waals surface area (Å²) < 4.78 is 0. The minimum Gasteiger partial charge on any atom is -0.350 e. The normalized spacial score (nSPS) is 10.1. The second-order valence-electron chi connectivity index (χ2n) is 3.21. The summed E-state index contributed by atoms with van der Waals surface area (Å²) in [6, 6.07) is 6.66. The van der Waals surface area contributed by atoms with Crippen molar-refractivity contribution in [2.75, 3.05) is 0 Å². The first-order valence-corrected chi connectivity index (χ1v) is 4.22. The lowest BCUT2D eigenvalue weighted by molar-refractivity contribution is 0.0943. The largest absolute Gasteiger partial charge is 0.350 e. The van der Waals surface area contributed by atoms with Gasteiger partial charge in [-0.15, -0.1) is 0 Å². The van der Waals surface area contributed by atoms with Gasteiger partial charge in [0, 0.05) is 11.6 Å². The van der Waals surface area contributed by atoms with Gasteiger partial charge in [-0.2, -0.15) is 0 Å². The summed E-state index contributed by atoms with van der Waals surface area (Å²) in [4.78, 5) is 11.4. The zero-order valence-electron chi connectivity index (χ0n) is 7.79. The van der Waals surface area contributed by atoms with Crippen molar-refractivity contribution in [1.82, 2.24) is 11.1 Å². The molecule has 3 nitrogen and oxygen atoms in total. The molecule has 0 aliphatic carbocycles. The van der Waals surface area contributed by atoms with Crippen LogP contribution in [0.5, 0.6) is 0 Å². The van der Waals surface area contributed by atoms with Crippen molar-refractivity contribution in [1.29, 1.82) is 0 Å². The van der Waals surface area contributed by atoms with Crippen LogP contribution in [0.15, 0.2) is 24.3 Å². The molecular formula is C10H13N2O. The third-order valence-corrected chi connectivity index (χ3v) is 1.57. The van der Waals surface area contributed by atoms with Crippen LogP contribution in [0.1, 0.15) is 24.2 Å². The summed E-state index contributed by atoms with van der Waals surface area (Å²) in [5.74, 6) is -0.0880. The fraction of sp³-hybridized carbons (Fsp3) is 0.300. The van der Waals surface area contributed by atoms with Crippen molar-refractivity contribution >= 4 is 11.6 Å². The SMILES string of the molecule is CC(C)NC(=O)c1ccc([NH])cc1. The molecule has 1 aromatic carbocycles. The Bertz CT molecular complexity index is 290. The average Bonchev–Trinajstić information content (AvgIpc) is 2.04. The highest BCUT2D eigenvalue weighted by Crippen LogP contribution is 2.06. The summed E-state index contributed by atoms with van der Waals surface area (Å²) in [5, 5.41) is 2.78. The molecule has 0 fully saturated rings. The Morgan fingerprint density at radius 3 is 2.31 bits per heavy atom. The van der Waals surface area contributed by atoms with Crippen LogP contribution >= 0.6 is 0 Å². The molecule has 69 valence electrons. The van der Waals surface area contributed by atoms with Crippen LogP contribution in [0.25, 0.3) is 0 Å². The molecule has 13 heavy (non-hydrogen) atoms. The van der Waals surface area contributed by atoms with E-state index in [-0.39, 0.29) is 11.9 Å². The molecule has 0 aliphatic heterocycles. The first-order valence-electron chi connectivity index (χ1n) is 4.22. The van der Waals surface area contributed by atoms with Crippen LogP contribution in [-0.2, 0) is 0 Å². The smallest absolute Gasteiger partial charge is 0.251 e. The van der Waals surface area contributed by atoms with E-state index < -0.39 is 0 Å². The van der Waals surface area contributed by atoms with Crippen LogP contribution < -0.4 is 11.1 Å². The van der Waals surface area contributed by atoms with Gasteiger partial charge in [-0.1, -0.05) is 0 Å². The van der Waals surface area contributed by atoms with Gasteiger partial charge in [0.2, 0.25) is 0 Å². The van der Waals surface area contributed by atoms with Gasteiger partial charge in [-0.25, -0.2) is 0 Å². The van der Waals surface area contributed by atoms with E-state index in [2.05, 4.69) is 5.32 Å². The zero-order valence-corrected chi connectivity index (χ0v) is 7.79. The molecule has 0 heterocycles. The number of benzene rings is 1. The third-order valence-electron chi connectivity index (χ3n) is 1.57. The van der Waals surface area contributed by atoms with Gasteiger partial charge in [-0.3, -0.25) is 4.79 Å². The Balaban J connectivity index is 2.72. The van der Waals surface area contributed by atoms with Crippen molar-refractivity contribution in [2.24, 2.45) is 0 Å². The molecule has 0 saturated heterocycles. The van der Waals surface area contributed by atoms with E-state index in [1.165, 1.54) is 0 Å². The van der Waals surface area contributed by atoms with E-state index in [1.807, 2.05) is 13.8 Å². The third kappa shape index (κ3) is 2.78. The summed E-state index contributed by atoms with van der Waals surface area (Å²) in [6.45, 7) is 3.83. The number of hydrogen-bond donors (Lipinski definition) is 1. The van der Waals surface area contributed by atoms with Gasteiger partial charge in [-0.05, 0) is 38.1 Å². The second kappa shape index (κ2) is 3.94. The molecule has 0 unspecified atom stereocenters. The average molecular weight is 177 g/mol. The highest BCUT2D eigenvalue weighted by Gasteiger charge is 2.05. The lowest BCUT2D eigenvalue weighted by Crippen LogP contribution is -2.29. The number of nitrogens with one attached hydrogen (secondary N) is 2. The van der Waals surface area contributed by atoms with Crippen LogP contribution in [0.3, 0.4) is 0 Å². The monoisotopic (exact) mass is 177 g/mol. The van der Waals surface area contributed by atoms with Gasteiger partial charge < -0.3 is 11.1 Å². The van der Waals surface area contributed by atoms with Crippen molar-refractivity contribution in [3.63, 3.8) is 0 Å². The Kier molecular flexibility index (Phi) is 2.90. The summed E-state index contributed by atoms with van der Waals surface area (Å²) in [7, 11) is 0. The first kappa shape index (κ1) is 9.58. The maximum absolute atomic E-state index is 11.4. The molecule has 0 saturated carbocycles.